The molecule has 2 rings (SSSR count). The number of esters is 1. The first-order chi connectivity index (χ1) is 13.2. The van der Waals surface area contributed by atoms with Crippen LogP contribution in [0.3, 0.4) is 0 Å². The highest BCUT2D eigenvalue weighted by Crippen LogP contribution is 2.17. The number of terminal acetylenes is 1. The Labute approximate surface area is 161 Å². The van der Waals surface area contributed by atoms with E-state index in [1.165, 1.54) is 24.3 Å². The number of carbonyl (C=O) groups is 2. The molecule has 0 aliphatic rings. The van der Waals surface area contributed by atoms with Gasteiger partial charge in [-0.3, -0.25) is 4.79 Å². The van der Waals surface area contributed by atoms with Crippen molar-refractivity contribution < 1.29 is 28.2 Å². The average molecular weight is 382 g/mol. The number of carboxylic acid groups (broad SMARTS) is 1. The monoisotopic (exact) mass is 382 g/mol. The minimum absolute atomic E-state index is 0.0114. The maximum atomic E-state index is 14.4. The number of aliphatic carboxylic acids is 1. The number of carboxylic acids is 1. The number of halogens is 2. The fourth-order valence-electron chi connectivity index (χ4n) is 2.29. The third-order valence-electron chi connectivity index (χ3n) is 3.54. The maximum absolute atomic E-state index is 14.4. The van der Waals surface area contributed by atoms with E-state index in [0.29, 0.717) is 0 Å². The summed E-state index contributed by atoms with van der Waals surface area (Å²) in [5.74, 6) is 3.93. The van der Waals surface area contributed by atoms with Crippen molar-refractivity contribution in [3.05, 3.63) is 69.8 Å². The molecule has 1 N–H and O–H groups in total. The predicted octanol–water partition coefficient (Wildman–Crippen LogP) is 3.54. The van der Waals surface area contributed by atoms with E-state index >= 15 is 0 Å². The van der Waals surface area contributed by atoms with E-state index in [1.807, 2.05) is 0 Å². The first-order valence-electron chi connectivity index (χ1n) is 8.24. The van der Waals surface area contributed by atoms with Gasteiger partial charge in [0, 0.05) is 5.56 Å². The molecule has 0 saturated carbocycles. The van der Waals surface area contributed by atoms with Gasteiger partial charge in [0.25, 0.3) is 0 Å². The molecule has 28 heavy (non-hydrogen) atoms. The van der Waals surface area contributed by atoms with Gasteiger partial charge in [0.05, 0.1) is 29.2 Å². The molecular weight excluding hydrogens is 366 g/mol. The van der Waals surface area contributed by atoms with Gasteiger partial charge in [-0.15, -0.1) is 6.42 Å². The Morgan fingerprint density at radius 2 is 1.82 bits per heavy atom. The molecule has 2 aromatic carbocycles. The molecule has 0 aromatic heterocycles. The Kier molecular flexibility index (Phi) is 6.52. The number of ether oxygens (including phenoxy) is 1. The van der Waals surface area contributed by atoms with Crippen molar-refractivity contribution in [2.45, 2.75) is 26.4 Å². The van der Waals surface area contributed by atoms with Gasteiger partial charge in [0.2, 0.25) is 0 Å². The summed E-state index contributed by atoms with van der Waals surface area (Å²) in [6.07, 6.45) is 4.46. The molecule has 0 radical (unpaired) electrons. The first-order valence-corrected chi connectivity index (χ1v) is 8.24. The van der Waals surface area contributed by atoms with E-state index in [-0.39, 0.29) is 33.9 Å². The van der Waals surface area contributed by atoms with Crippen molar-refractivity contribution in [3.63, 3.8) is 0 Å². The number of carbonyl (C=O) groups excluding carboxylic acids is 1. The van der Waals surface area contributed by atoms with Gasteiger partial charge in [0.1, 0.15) is 5.82 Å². The molecule has 6 heteroatoms. The first kappa shape index (κ1) is 20.7. The highest BCUT2D eigenvalue weighted by Gasteiger charge is 2.15. The number of hydrogen-bond acceptors (Lipinski definition) is 3. The van der Waals surface area contributed by atoms with Crippen LogP contribution in [0.25, 0.3) is 0 Å². The zero-order valence-electron chi connectivity index (χ0n) is 15.2. The van der Waals surface area contributed by atoms with Crippen LogP contribution in [0.2, 0.25) is 0 Å². The molecule has 0 saturated heterocycles. The second-order valence-electron chi connectivity index (χ2n) is 6.11. The largest absolute Gasteiger partial charge is 0.481 e. The highest BCUT2D eigenvalue weighted by molar-refractivity contribution is 5.90. The molecule has 0 unspecified atom stereocenters. The van der Waals surface area contributed by atoms with Crippen LogP contribution >= 0.6 is 0 Å². The van der Waals surface area contributed by atoms with Gasteiger partial charge in [0.15, 0.2) is 5.82 Å². The predicted molar refractivity (Wildman–Crippen MR) is 98.6 cm³/mol. The van der Waals surface area contributed by atoms with Crippen molar-refractivity contribution >= 4 is 11.9 Å². The van der Waals surface area contributed by atoms with Gasteiger partial charge in [-0.1, -0.05) is 23.8 Å². The number of hydrogen-bond donors (Lipinski definition) is 1. The van der Waals surface area contributed by atoms with Crippen molar-refractivity contribution in [3.8, 4) is 24.2 Å². The van der Waals surface area contributed by atoms with E-state index in [2.05, 4.69) is 17.8 Å². The van der Waals surface area contributed by atoms with Crippen LogP contribution in [-0.4, -0.2) is 23.1 Å². The SMILES string of the molecule is C#Cc1cc(C(=O)OC(C)C)cc(C#Cc2ccc(CC(=O)O)c(F)c2)c1F. The molecule has 0 heterocycles. The Morgan fingerprint density at radius 1 is 1.14 bits per heavy atom. The quantitative estimate of drug-likeness (QED) is 0.649. The zero-order valence-corrected chi connectivity index (χ0v) is 15.2. The lowest BCUT2D eigenvalue weighted by Gasteiger charge is -2.09. The Balaban J connectivity index is 2.42. The van der Waals surface area contributed by atoms with Gasteiger partial charge >= 0.3 is 11.9 Å². The molecule has 0 aliphatic carbocycles. The standard InChI is InChI=1S/C22H16F2O4/c1-4-15-10-18(22(27)28-13(2)3)11-17(21(15)24)8-6-14-5-7-16(12-20(25)26)19(23)9-14/h1,5,7,9-11,13H,12H2,2-3H3,(H,25,26). The minimum atomic E-state index is -1.16. The Bertz CT molecular complexity index is 1040. The molecule has 0 spiro atoms. The van der Waals surface area contributed by atoms with Crippen molar-refractivity contribution in [2.24, 2.45) is 0 Å². The number of benzene rings is 2. The third kappa shape index (κ3) is 5.18. The smallest absolute Gasteiger partial charge is 0.338 e. The Morgan fingerprint density at radius 3 is 2.39 bits per heavy atom. The third-order valence-corrected chi connectivity index (χ3v) is 3.54. The van der Waals surface area contributed by atoms with E-state index in [4.69, 9.17) is 16.3 Å². The van der Waals surface area contributed by atoms with Crippen LogP contribution in [0.15, 0.2) is 30.3 Å². The van der Waals surface area contributed by atoms with Crippen LogP contribution in [0.1, 0.15) is 46.5 Å². The Hall–Kier alpha value is -3.64. The lowest BCUT2D eigenvalue weighted by Crippen LogP contribution is -2.12. The van der Waals surface area contributed by atoms with E-state index in [0.717, 1.165) is 6.07 Å². The van der Waals surface area contributed by atoms with Crippen molar-refractivity contribution in [2.75, 3.05) is 0 Å². The summed E-state index contributed by atoms with van der Waals surface area (Å²) in [7, 11) is 0. The fraction of sp³-hybridized carbons (Fsp3) is 0.182. The van der Waals surface area contributed by atoms with E-state index in [9.17, 15) is 18.4 Å². The van der Waals surface area contributed by atoms with Crippen molar-refractivity contribution in [1.82, 2.24) is 0 Å². The van der Waals surface area contributed by atoms with Crippen LogP contribution in [0, 0.1) is 35.8 Å². The average Bonchev–Trinajstić information content (AvgIpc) is 2.62. The topological polar surface area (TPSA) is 63.6 Å². The van der Waals surface area contributed by atoms with Gasteiger partial charge < -0.3 is 9.84 Å². The molecule has 0 amide bonds. The molecule has 4 nitrogen and oxygen atoms in total. The van der Waals surface area contributed by atoms with Gasteiger partial charge in [-0.25, -0.2) is 13.6 Å². The number of rotatable bonds is 4. The van der Waals surface area contributed by atoms with Crippen LogP contribution < -0.4 is 0 Å². The molecule has 0 aliphatic heterocycles. The lowest BCUT2D eigenvalue weighted by atomic mass is 10.0. The van der Waals surface area contributed by atoms with Crippen LogP contribution in [-0.2, 0) is 16.0 Å². The normalized spacial score (nSPS) is 10.0. The van der Waals surface area contributed by atoms with Crippen LogP contribution in [0.4, 0.5) is 8.78 Å². The van der Waals surface area contributed by atoms with Crippen molar-refractivity contribution in [1.29, 1.82) is 0 Å². The molecule has 142 valence electrons. The molecule has 0 bridgehead atoms. The highest BCUT2D eigenvalue weighted by atomic mass is 19.1. The summed E-state index contributed by atoms with van der Waals surface area (Å²) in [4.78, 5) is 22.8. The van der Waals surface area contributed by atoms with Gasteiger partial charge in [-0.2, -0.15) is 0 Å². The van der Waals surface area contributed by atoms with Gasteiger partial charge in [-0.05, 0) is 43.7 Å². The molecule has 0 fully saturated rings. The maximum Gasteiger partial charge on any atom is 0.338 e. The molecular formula is C22H16F2O4. The van der Waals surface area contributed by atoms with Crippen LogP contribution in [0.5, 0.6) is 0 Å². The van der Waals surface area contributed by atoms with E-state index in [1.54, 1.807) is 13.8 Å². The summed E-state index contributed by atoms with van der Waals surface area (Å²) in [5, 5.41) is 8.73. The summed E-state index contributed by atoms with van der Waals surface area (Å²) < 4.78 is 33.4. The summed E-state index contributed by atoms with van der Waals surface area (Å²) >= 11 is 0. The molecule has 0 atom stereocenters. The summed E-state index contributed by atoms with van der Waals surface area (Å²) in [6, 6.07) is 6.19. The zero-order chi connectivity index (χ0) is 20.8. The minimum Gasteiger partial charge on any atom is -0.481 e. The fourth-order valence-corrected chi connectivity index (χ4v) is 2.29. The lowest BCUT2D eigenvalue weighted by molar-refractivity contribution is -0.136. The second kappa shape index (κ2) is 8.83. The molecule has 2 aromatic rings. The van der Waals surface area contributed by atoms with E-state index < -0.39 is 30.0 Å². The summed E-state index contributed by atoms with van der Waals surface area (Å²) in [6.45, 7) is 3.35. The summed E-state index contributed by atoms with van der Waals surface area (Å²) in [5.41, 5.74) is -0.0114. The second-order valence-corrected chi connectivity index (χ2v) is 6.11.